The third-order valence-corrected chi connectivity index (χ3v) is 3.74. The third-order valence-electron chi connectivity index (χ3n) is 2.98. The van der Waals surface area contributed by atoms with E-state index in [-0.39, 0.29) is 6.56 Å². The second kappa shape index (κ2) is 5.95. The lowest BCUT2D eigenvalue weighted by atomic mass is 10.2. The molecular formula is C13H12F3N5OS. The molecule has 3 heterocycles. The van der Waals surface area contributed by atoms with Crippen LogP contribution >= 0.6 is 11.3 Å². The summed E-state index contributed by atoms with van der Waals surface area (Å²) in [5.41, 5.74) is 1.76. The summed E-state index contributed by atoms with van der Waals surface area (Å²) >= 11 is 1.12. The lowest BCUT2D eigenvalue weighted by Gasteiger charge is -2.05. The Kier molecular flexibility index (Phi) is 3.99. The Balaban J connectivity index is 0.00000208. The Labute approximate surface area is 133 Å². The quantitative estimate of drug-likeness (QED) is 0.758. The van der Waals surface area contributed by atoms with Gasteiger partial charge in [-0.25, -0.2) is 15.0 Å². The van der Waals surface area contributed by atoms with Crippen LogP contribution in [-0.2, 0) is 4.79 Å². The predicted molar refractivity (Wildman–Crippen MR) is 81.0 cm³/mol. The number of alkyl halides is 3. The second-order valence-corrected chi connectivity index (χ2v) is 5.52. The maximum absolute atomic E-state index is 12.1. The highest BCUT2D eigenvalue weighted by molar-refractivity contribution is 7.14. The number of aromatic nitrogens is 4. The third kappa shape index (κ3) is 3.65. The number of hydrogen-bond acceptors (Lipinski definition) is 5. The van der Waals surface area contributed by atoms with Gasteiger partial charge in [-0.15, -0.1) is 11.3 Å². The maximum Gasteiger partial charge on any atom is 0.389 e. The summed E-state index contributed by atoms with van der Waals surface area (Å²) in [4.78, 5) is 26.9. The van der Waals surface area contributed by atoms with Crippen molar-refractivity contribution in [3.05, 3.63) is 24.0 Å². The molecule has 6 nitrogen and oxygen atoms in total. The molecule has 122 valence electrons. The monoisotopic (exact) mass is 343 g/mol. The molecule has 0 aliphatic carbocycles. The summed E-state index contributed by atoms with van der Waals surface area (Å²) in [5.74, 6) is -0.724. The van der Waals surface area contributed by atoms with Crippen molar-refractivity contribution in [1.82, 2.24) is 19.9 Å². The first kappa shape index (κ1) is 15.4. The Morgan fingerprint density at radius 3 is 3.00 bits per heavy atom. The fourth-order valence-corrected chi connectivity index (χ4v) is 2.66. The molecule has 0 spiro atoms. The SMILES string of the molecule is O=C(CCC(F)(F)F)Nc1nc(-c2ncnc3[nH]ccc23)cs1.[HH]. The Bertz CT molecular complexity index is 847. The van der Waals surface area contributed by atoms with Crippen molar-refractivity contribution in [1.29, 1.82) is 0 Å². The van der Waals surface area contributed by atoms with Gasteiger partial charge in [0.1, 0.15) is 23.4 Å². The van der Waals surface area contributed by atoms with Gasteiger partial charge in [0.15, 0.2) is 5.13 Å². The number of H-pyrrole nitrogens is 1. The fourth-order valence-electron chi connectivity index (χ4n) is 1.95. The molecule has 0 aliphatic rings. The zero-order valence-corrected chi connectivity index (χ0v) is 12.3. The van der Waals surface area contributed by atoms with E-state index in [0.29, 0.717) is 17.0 Å². The van der Waals surface area contributed by atoms with Crippen LogP contribution in [0.5, 0.6) is 0 Å². The van der Waals surface area contributed by atoms with Gasteiger partial charge in [-0.05, 0) is 6.07 Å². The smallest absolute Gasteiger partial charge is 0.346 e. The van der Waals surface area contributed by atoms with Crippen LogP contribution in [0.25, 0.3) is 22.4 Å². The Morgan fingerprint density at radius 2 is 2.22 bits per heavy atom. The van der Waals surface area contributed by atoms with Crippen molar-refractivity contribution < 1.29 is 19.4 Å². The number of halogens is 3. The van der Waals surface area contributed by atoms with Crippen molar-refractivity contribution in [2.45, 2.75) is 19.0 Å². The van der Waals surface area contributed by atoms with E-state index in [1.807, 2.05) is 0 Å². The van der Waals surface area contributed by atoms with Crippen molar-refractivity contribution in [2.75, 3.05) is 5.32 Å². The second-order valence-electron chi connectivity index (χ2n) is 4.66. The normalized spacial score (nSPS) is 11.8. The van der Waals surface area contributed by atoms with Crippen LogP contribution < -0.4 is 5.32 Å². The number of anilines is 1. The van der Waals surface area contributed by atoms with Crippen LogP contribution in [0.15, 0.2) is 24.0 Å². The number of thiazole rings is 1. The van der Waals surface area contributed by atoms with E-state index in [0.717, 1.165) is 16.7 Å². The predicted octanol–water partition coefficient (Wildman–Crippen LogP) is 3.61. The Hall–Kier alpha value is -2.49. The first-order chi connectivity index (χ1) is 10.9. The molecule has 0 radical (unpaired) electrons. The lowest BCUT2D eigenvalue weighted by Crippen LogP contribution is -2.16. The van der Waals surface area contributed by atoms with Gasteiger partial charge in [0.05, 0.1) is 6.42 Å². The number of hydrogen-bond donors (Lipinski definition) is 2. The number of nitrogens with one attached hydrogen (secondary N) is 2. The van der Waals surface area contributed by atoms with Gasteiger partial charge in [-0.1, -0.05) is 0 Å². The maximum atomic E-state index is 12.1. The molecule has 0 saturated carbocycles. The zero-order valence-electron chi connectivity index (χ0n) is 11.5. The van der Waals surface area contributed by atoms with E-state index >= 15 is 0 Å². The number of carbonyl (C=O) groups is 1. The standard InChI is InChI=1S/C13H10F3N5OS.H2/c14-13(15,16)3-1-9(22)21-12-20-8(5-23-12)10-7-2-4-17-11(7)19-6-18-10;/h2,4-6H,1,3H2,(H,17,18,19)(H,20,21,22);1H. The van der Waals surface area contributed by atoms with Crippen LogP contribution in [-0.4, -0.2) is 32.0 Å². The van der Waals surface area contributed by atoms with E-state index in [9.17, 15) is 18.0 Å². The average molecular weight is 343 g/mol. The minimum atomic E-state index is -4.35. The molecule has 0 bridgehead atoms. The summed E-state index contributed by atoms with van der Waals surface area (Å²) < 4.78 is 36.3. The van der Waals surface area contributed by atoms with Crippen molar-refractivity contribution in [2.24, 2.45) is 0 Å². The van der Waals surface area contributed by atoms with Crippen LogP contribution in [0, 0.1) is 0 Å². The number of nitrogens with zero attached hydrogens (tertiary/aromatic N) is 3. The van der Waals surface area contributed by atoms with E-state index in [1.54, 1.807) is 17.6 Å². The highest BCUT2D eigenvalue weighted by Gasteiger charge is 2.28. The molecule has 0 saturated heterocycles. The molecule has 3 aromatic heterocycles. The molecule has 0 unspecified atom stereocenters. The van der Waals surface area contributed by atoms with Gasteiger partial charge in [0.2, 0.25) is 5.91 Å². The van der Waals surface area contributed by atoms with Crippen molar-refractivity contribution in [3.63, 3.8) is 0 Å². The van der Waals surface area contributed by atoms with Gasteiger partial charge in [-0.3, -0.25) is 4.79 Å². The largest absolute Gasteiger partial charge is 0.389 e. The molecule has 0 aliphatic heterocycles. The molecule has 23 heavy (non-hydrogen) atoms. The van der Waals surface area contributed by atoms with Crippen molar-refractivity contribution in [3.8, 4) is 11.4 Å². The van der Waals surface area contributed by atoms with Crippen LogP contribution in [0.4, 0.5) is 18.3 Å². The van der Waals surface area contributed by atoms with Gasteiger partial charge >= 0.3 is 6.18 Å². The molecule has 0 atom stereocenters. The minimum absolute atomic E-state index is 0. The summed E-state index contributed by atoms with van der Waals surface area (Å²) in [6, 6.07) is 1.80. The van der Waals surface area contributed by atoms with Gasteiger partial charge in [-0.2, -0.15) is 13.2 Å². The molecular weight excluding hydrogens is 331 g/mol. The van der Waals surface area contributed by atoms with Gasteiger partial charge in [0, 0.05) is 24.8 Å². The average Bonchev–Trinajstić information content (AvgIpc) is 3.12. The highest BCUT2D eigenvalue weighted by atomic mass is 32.1. The summed E-state index contributed by atoms with van der Waals surface area (Å²) in [6.07, 6.45) is -3.04. The van der Waals surface area contributed by atoms with E-state index in [4.69, 9.17) is 0 Å². The summed E-state index contributed by atoms with van der Waals surface area (Å²) in [6.45, 7) is 0. The first-order valence-electron chi connectivity index (χ1n) is 6.53. The molecule has 0 fully saturated rings. The minimum Gasteiger partial charge on any atom is -0.346 e. The lowest BCUT2D eigenvalue weighted by molar-refractivity contribution is -0.142. The molecule has 3 aromatic rings. The number of rotatable bonds is 4. The number of aromatic amines is 1. The molecule has 1 amide bonds. The zero-order chi connectivity index (χ0) is 16.4. The van der Waals surface area contributed by atoms with Gasteiger partial charge in [0.25, 0.3) is 0 Å². The highest BCUT2D eigenvalue weighted by Crippen LogP contribution is 2.28. The number of carbonyl (C=O) groups excluding carboxylic acids is 1. The molecule has 3 rings (SSSR count). The van der Waals surface area contributed by atoms with E-state index < -0.39 is 24.9 Å². The van der Waals surface area contributed by atoms with Crippen LogP contribution in [0.3, 0.4) is 0 Å². The van der Waals surface area contributed by atoms with Crippen LogP contribution in [0.2, 0.25) is 0 Å². The number of fused-ring (bicyclic) bond motifs is 1. The van der Waals surface area contributed by atoms with E-state index in [2.05, 4.69) is 25.3 Å². The molecule has 10 heteroatoms. The van der Waals surface area contributed by atoms with Crippen LogP contribution in [0.1, 0.15) is 14.3 Å². The topological polar surface area (TPSA) is 83.6 Å². The van der Waals surface area contributed by atoms with Gasteiger partial charge < -0.3 is 10.3 Å². The fraction of sp³-hybridized carbons (Fsp3) is 0.231. The van der Waals surface area contributed by atoms with Crippen molar-refractivity contribution >= 4 is 33.4 Å². The Morgan fingerprint density at radius 1 is 1.39 bits per heavy atom. The van der Waals surface area contributed by atoms with E-state index in [1.165, 1.54) is 6.33 Å². The molecule has 0 aromatic carbocycles. The first-order valence-corrected chi connectivity index (χ1v) is 7.41. The summed E-state index contributed by atoms with van der Waals surface area (Å²) in [5, 5.41) is 5.04. The summed E-state index contributed by atoms with van der Waals surface area (Å²) in [7, 11) is 0. The molecule has 2 N–H and O–H groups in total. The number of amides is 1.